The molecule has 108 valence electrons. The Morgan fingerprint density at radius 2 is 2.05 bits per heavy atom. The van der Waals surface area contributed by atoms with Crippen LogP contribution in [0.15, 0.2) is 24.4 Å². The Labute approximate surface area is 121 Å². The maximum Gasteiger partial charge on any atom is 0.142 e. The van der Waals surface area contributed by atoms with Crippen molar-refractivity contribution in [1.29, 1.82) is 0 Å². The van der Waals surface area contributed by atoms with Crippen LogP contribution in [-0.4, -0.2) is 16.3 Å². The van der Waals surface area contributed by atoms with Gasteiger partial charge in [0.05, 0.1) is 16.8 Å². The number of hydrogen-bond donors (Lipinski definition) is 1. The van der Waals surface area contributed by atoms with Gasteiger partial charge in [-0.25, -0.2) is 8.78 Å². The van der Waals surface area contributed by atoms with Crippen molar-refractivity contribution in [2.75, 3.05) is 6.54 Å². The first-order valence-corrected chi connectivity index (χ1v) is 6.85. The van der Waals surface area contributed by atoms with Crippen LogP contribution in [0.25, 0.3) is 0 Å². The Morgan fingerprint density at radius 3 is 2.70 bits per heavy atom. The van der Waals surface area contributed by atoms with Crippen molar-refractivity contribution in [1.82, 2.24) is 15.1 Å². The van der Waals surface area contributed by atoms with Crippen molar-refractivity contribution < 1.29 is 8.78 Å². The van der Waals surface area contributed by atoms with Gasteiger partial charge in [-0.3, -0.25) is 4.68 Å². The van der Waals surface area contributed by atoms with Crippen LogP contribution in [0.4, 0.5) is 8.78 Å². The number of nitrogens with zero attached hydrogens (tertiary/aromatic N) is 2. The van der Waals surface area contributed by atoms with E-state index in [4.69, 9.17) is 11.6 Å². The third kappa shape index (κ3) is 2.83. The molecule has 0 aliphatic carbocycles. The zero-order valence-corrected chi connectivity index (χ0v) is 12.1. The van der Waals surface area contributed by atoms with Crippen molar-refractivity contribution in [2.45, 2.75) is 26.4 Å². The lowest BCUT2D eigenvalue weighted by Crippen LogP contribution is -2.26. The summed E-state index contributed by atoms with van der Waals surface area (Å²) >= 11 is 5.60. The molecule has 0 aliphatic heterocycles. The highest BCUT2D eigenvalue weighted by Gasteiger charge is 2.22. The standard InChI is InChI=1S/C14H16ClF2N3/c1-3-18-14(13-5-6-19-20(13)4-2)9-7-12(17)10(15)8-11(9)16/h5-8,14,18H,3-4H2,1-2H3. The van der Waals surface area contributed by atoms with E-state index in [0.29, 0.717) is 13.1 Å². The van der Waals surface area contributed by atoms with Gasteiger partial charge in [-0.1, -0.05) is 18.5 Å². The van der Waals surface area contributed by atoms with Gasteiger partial charge >= 0.3 is 0 Å². The molecule has 1 N–H and O–H groups in total. The zero-order chi connectivity index (χ0) is 14.7. The molecule has 1 aromatic heterocycles. The summed E-state index contributed by atoms with van der Waals surface area (Å²) in [6.07, 6.45) is 1.65. The van der Waals surface area contributed by atoms with Gasteiger partial charge in [0.2, 0.25) is 0 Å². The van der Waals surface area contributed by atoms with Crippen LogP contribution in [0.1, 0.15) is 31.1 Å². The van der Waals surface area contributed by atoms with Crippen LogP contribution < -0.4 is 5.32 Å². The maximum atomic E-state index is 14.1. The summed E-state index contributed by atoms with van der Waals surface area (Å²) < 4.78 is 29.5. The second-order valence-electron chi connectivity index (χ2n) is 4.35. The van der Waals surface area contributed by atoms with E-state index in [1.165, 1.54) is 0 Å². The van der Waals surface area contributed by atoms with Crippen LogP contribution in [0.3, 0.4) is 0 Å². The summed E-state index contributed by atoms with van der Waals surface area (Å²) in [7, 11) is 0. The predicted molar refractivity (Wildman–Crippen MR) is 74.8 cm³/mol. The van der Waals surface area contributed by atoms with Gasteiger partial charge in [0.1, 0.15) is 11.6 Å². The number of hydrogen-bond acceptors (Lipinski definition) is 2. The van der Waals surface area contributed by atoms with Crippen LogP contribution in [-0.2, 0) is 6.54 Å². The molecule has 0 saturated carbocycles. The first-order chi connectivity index (χ1) is 9.58. The van der Waals surface area contributed by atoms with Gasteiger partial charge in [0.15, 0.2) is 0 Å². The summed E-state index contributed by atoms with van der Waals surface area (Å²) in [5.41, 5.74) is 1.01. The van der Waals surface area contributed by atoms with Crippen molar-refractivity contribution in [3.05, 3.63) is 52.3 Å². The highest BCUT2D eigenvalue weighted by Crippen LogP contribution is 2.28. The highest BCUT2D eigenvalue weighted by atomic mass is 35.5. The smallest absolute Gasteiger partial charge is 0.142 e. The van der Waals surface area contributed by atoms with Crippen LogP contribution in [0.5, 0.6) is 0 Å². The van der Waals surface area contributed by atoms with Crippen molar-refractivity contribution in [3.63, 3.8) is 0 Å². The fraction of sp³-hybridized carbons (Fsp3) is 0.357. The van der Waals surface area contributed by atoms with E-state index in [0.717, 1.165) is 17.8 Å². The first-order valence-electron chi connectivity index (χ1n) is 6.48. The Morgan fingerprint density at radius 1 is 1.30 bits per heavy atom. The first kappa shape index (κ1) is 14.9. The van der Waals surface area contributed by atoms with Crippen molar-refractivity contribution in [3.8, 4) is 0 Å². The topological polar surface area (TPSA) is 29.9 Å². The monoisotopic (exact) mass is 299 g/mol. The molecule has 2 rings (SSSR count). The average molecular weight is 300 g/mol. The molecule has 0 radical (unpaired) electrons. The third-order valence-corrected chi connectivity index (χ3v) is 3.39. The van der Waals surface area contributed by atoms with Gasteiger partial charge in [-0.2, -0.15) is 5.10 Å². The molecule has 0 saturated heterocycles. The predicted octanol–water partition coefficient (Wildman–Crippen LogP) is 3.53. The SMILES string of the molecule is CCNC(c1cc(F)c(Cl)cc1F)c1ccnn1CC. The van der Waals surface area contributed by atoms with E-state index in [9.17, 15) is 8.78 Å². The van der Waals surface area contributed by atoms with E-state index in [-0.39, 0.29) is 10.6 Å². The minimum absolute atomic E-state index is 0.217. The minimum atomic E-state index is -0.631. The Kier molecular flexibility index (Phi) is 4.73. The molecular formula is C14H16ClF2N3. The molecule has 0 amide bonds. The largest absolute Gasteiger partial charge is 0.305 e. The molecule has 20 heavy (non-hydrogen) atoms. The van der Waals surface area contributed by atoms with Crippen LogP contribution >= 0.6 is 11.6 Å². The number of halogens is 3. The van der Waals surface area contributed by atoms with Crippen LogP contribution in [0.2, 0.25) is 5.02 Å². The van der Waals surface area contributed by atoms with E-state index in [1.807, 2.05) is 13.8 Å². The lowest BCUT2D eigenvalue weighted by molar-refractivity contribution is 0.509. The molecule has 0 bridgehead atoms. The van der Waals surface area contributed by atoms with E-state index in [2.05, 4.69) is 10.4 Å². The van der Waals surface area contributed by atoms with Gasteiger partial charge in [0.25, 0.3) is 0 Å². The van der Waals surface area contributed by atoms with Gasteiger partial charge < -0.3 is 5.32 Å². The molecular weight excluding hydrogens is 284 g/mol. The Bertz CT molecular complexity index is 598. The molecule has 3 nitrogen and oxygen atoms in total. The molecule has 1 atom stereocenters. The molecule has 0 spiro atoms. The number of rotatable bonds is 5. The van der Waals surface area contributed by atoms with Crippen LogP contribution in [0, 0.1) is 11.6 Å². The fourth-order valence-corrected chi connectivity index (χ4v) is 2.34. The Hall–Kier alpha value is -1.46. The maximum absolute atomic E-state index is 14.1. The quantitative estimate of drug-likeness (QED) is 0.856. The summed E-state index contributed by atoms with van der Waals surface area (Å²) in [6.45, 7) is 5.12. The molecule has 6 heteroatoms. The summed E-state index contributed by atoms with van der Waals surface area (Å²) in [4.78, 5) is 0. The molecule has 1 aromatic carbocycles. The second-order valence-corrected chi connectivity index (χ2v) is 4.76. The van der Waals surface area contributed by atoms with E-state index >= 15 is 0 Å². The Balaban J connectivity index is 2.51. The normalized spacial score (nSPS) is 12.7. The van der Waals surface area contributed by atoms with Gasteiger partial charge in [-0.05, 0) is 31.7 Å². The second kappa shape index (κ2) is 6.33. The fourth-order valence-electron chi connectivity index (χ4n) is 2.19. The summed E-state index contributed by atoms with van der Waals surface area (Å²) in [6, 6.07) is 3.47. The molecule has 0 aliphatic rings. The molecule has 1 unspecified atom stereocenters. The highest BCUT2D eigenvalue weighted by molar-refractivity contribution is 6.30. The van der Waals surface area contributed by atoms with Crippen molar-refractivity contribution in [2.24, 2.45) is 0 Å². The number of benzene rings is 1. The molecule has 0 fully saturated rings. The average Bonchev–Trinajstić information content (AvgIpc) is 2.88. The number of aromatic nitrogens is 2. The lowest BCUT2D eigenvalue weighted by Gasteiger charge is -2.20. The minimum Gasteiger partial charge on any atom is -0.305 e. The molecule has 2 aromatic rings. The lowest BCUT2D eigenvalue weighted by atomic mass is 10.0. The third-order valence-electron chi connectivity index (χ3n) is 3.10. The number of nitrogens with one attached hydrogen (secondary N) is 1. The number of aryl methyl sites for hydroxylation is 1. The summed E-state index contributed by atoms with van der Waals surface area (Å²) in [5, 5.41) is 7.10. The van der Waals surface area contributed by atoms with Crippen molar-refractivity contribution >= 4 is 11.6 Å². The summed E-state index contributed by atoms with van der Waals surface area (Å²) in [5.74, 6) is -1.17. The zero-order valence-electron chi connectivity index (χ0n) is 11.3. The van der Waals surface area contributed by atoms with E-state index < -0.39 is 17.7 Å². The van der Waals surface area contributed by atoms with Gasteiger partial charge in [-0.15, -0.1) is 0 Å². The van der Waals surface area contributed by atoms with Gasteiger partial charge in [0, 0.05) is 18.3 Å². The van der Waals surface area contributed by atoms with E-state index in [1.54, 1.807) is 16.9 Å². The molecule has 1 heterocycles.